The van der Waals surface area contributed by atoms with Crippen molar-refractivity contribution in [1.82, 2.24) is 10.0 Å². The highest BCUT2D eigenvalue weighted by molar-refractivity contribution is 9.10. The fraction of sp³-hybridized carbons (Fsp3) is 0.500. The highest BCUT2D eigenvalue weighted by Crippen LogP contribution is 2.27. The molecule has 0 saturated heterocycles. The van der Waals surface area contributed by atoms with E-state index in [9.17, 15) is 8.42 Å². The van der Waals surface area contributed by atoms with Gasteiger partial charge in [0.1, 0.15) is 0 Å². The molecule has 100 valence electrons. The predicted octanol–water partition coefficient (Wildman–Crippen LogP) is 1.92. The number of hydrogen-bond acceptors (Lipinski definition) is 3. The van der Waals surface area contributed by atoms with Crippen molar-refractivity contribution in [3.05, 3.63) is 27.7 Å². The second-order valence-corrected chi connectivity index (χ2v) is 7.24. The molecular weight excluding hydrogens is 316 g/mol. The van der Waals surface area contributed by atoms with Crippen LogP contribution in [-0.2, 0) is 16.6 Å². The molecule has 1 fully saturated rings. The van der Waals surface area contributed by atoms with Crippen LogP contribution in [0.15, 0.2) is 21.5 Å². The van der Waals surface area contributed by atoms with Gasteiger partial charge in [-0.2, -0.15) is 0 Å². The number of benzene rings is 1. The zero-order chi connectivity index (χ0) is 13.3. The Morgan fingerprint density at radius 3 is 2.61 bits per heavy atom. The first-order valence-electron chi connectivity index (χ1n) is 5.90. The molecule has 0 heterocycles. The van der Waals surface area contributed by atoms with Crippen molar-refractivity contribution in [2.45, 2.75) is 37.2 Å². The third kappa shape index (κ3) is 3.12. The van der Waals surface area contributed by atoms with E-state index < -0.39 is 10.0 Å². The third-order valence-electron chi connectivity index (χ3n) is 3.01. The molecule has 2 rings (SSSR count). The first-order valence-corrected chi connectivity index (χ1v) is 8.17. The summed E-state index contributed by atoms with van der Waals surface area (Å²) in [6, 6.07) is 4.34. The minimum Gasteiger partial charge on any atom is -0.310 e. The molecule has 0 radical (unpaired) electrons. The first-order chi connectivity index (χ1) is 8.44. The average Bonchev–Trinajstić information content (AvgIpc) is 3.14. The number of hydrogen-bond donors (Lipinski definition) is 2. The van der Waals surface area contributed by atoms with Crippen LogP contribution < -0.4 is 10.0 Å². The third-order valence-corrected chi connectivity index (χ3v) is 5.76. The van der Waals surface area contributed by atoms with Gasteiger partial charge in [-0.15, -0.1) is 0 Å². The summed E-state index contributed by atoms with van der Waals surface area (Å²) in [5.74, 6) is 0. The average molecular weight is 333 g/mol. The Morgan fingerprint density at radius 2 is 2.06 bits per heavy atom. The van der Waals surface area contributed by atoms with Crippen LogP contribution in [0.3, 0.4) is 0 Å². The molecule has 1 saturated carbocycles. The number of rotatable bonds is 5. The first kappa shape index (κ1) is 14.0. The van der Waals surface area contributed by atoms with E-state index in [2.05, 4.69) is 26.0 Å². The fourth-order valence-electron chi connectivity index (χ4n) is 1.77. The van der Waals surface area contributed by atoms with Gasteiger partial charge in [-0.1, -0.05) is 6.07 Å². The number of halogens is 1. The number of aryl methyl sites for hydroxylation is 1. The quantitative estimate of drug-likeness (QED) is 0.866. The van der Waals surface area contributed by atoms with Crippen molar-refractivity contribution in [2.75, 3.05) is 7.05 Å². The van der Waals surface area contributed by atoms with Crippen LogP contribution in [0.2, 0.25) is 0 Å². The molecule has 4 nitrogen and oxygen atoms in total. The van der Waals surface area contributed by atoms with Gasteiger partial charge in [-0.05, 0) is 59.9 Å². The van der Waals surface area contributed by atoms with Gasteiger partial charge in [0.15, 0.2) is 0 Å². The van der Waals surface area contributed by atoms with Crippen molar-refractivity contribution in [3.8, 4) is 0 Å². The molecule has 1 aliphatic carbocycles. The van der Waals surface area contributed by atoms with Crippen LogP contribution in [0.4, 0.5) is 0 Å². The van der Waals surface area contributed by atoms with Gasteiger partial charge in [-0.25, -0.2) is 13.1 Å². The summed E-state index contributed by atoms with van der Waals surface area (Å²) in [6.45, 7) is 2.62. The van der Waals surface area contributed by atoms with Crippen LogP contribution >= 0.6 is 15.9 Å². The Balaban J connectivity index is 2.32. The molecule has 0 aliphatic heterocycles. The highest BCUT2D eigenvalue weighted by Gasteiger charge is 2.21. The summed E-state index contributed by atoms with van der Waals surface area (Å²) in [7, 11) is -2.00. The molecule has 1 aromatic carbocycles. The van der Waals surface area contributed by atoms with Crippen molar-refractivity contribution < 1.29 is 8.42 Å². The summed E-state index contributed by atoms with van der Waals surface area (Å²) >= 11 is 3.34. The van der Waals surface area contributed by atoms with Crippen LogP contribution in [0.5, 0.6) is 0 Å². The SMILES string of the molecule is CNS(=O)(=O)c1cc(CNC2CC2)cc(C)c1Br. The maximum atomic E-state index is 11.9. The molecule has 0 unspecified atom stereocenters. The Morgan fingerprint density at radius 1 is 1.39 bits per heavy atom. The molecule has 2 N–H and O–H groups in total. The van der Waals surface area contributed by atoms with Gasteiger partial charge in [0.25, 0.3) is 0 Å². The molecule has 1 aromatic rings. The van der Waals surface area contributed by atoms with Crippen LogP contribution in [0, 0.1) is 6.92 Å². The minimum atomic E-state index is -3.42. The summed E-state index contributed by atoms with van der Waals surface area (Å²) in [5, 5.41) is 3.39. The van der Waals surface area contributed by atoms with Gasteiger partial charge >= 0.3 is 0 Å². The smallest absolute Gasteiger partial charge is 0.241 e. The molecule has 0 bridgehead atoms. The number of sulfonamides is 1. The monoisotopic (exact) mass is 332 g/mol. The number of nitrogens with one attached hydrogen (secondary N) is 2. The standard InChI is InChI=1S/C12H17BrN2O2S/c1-8-5-9(7-15-10-3-4-10)6-11(12(8)13)18(16,17)14-2/h5-6,10,14-15H,3-4,7H2,1-2H3. The summed E-state index contributed by atoms with van der Waals surface area (Å²) in [4.78, 5) is 0.303. The Bertz CT molecular complexity index is 553. The van der Waals surface area contributed by atoms with Gasteiger partial charge in [-0.3, -0.25) is 0 Å². The Kier molecular flexibility index (Phi) is 4.11. The molecule has 0 atom stereocenters. The molecule has 6 heteroatoms. The van der Waals surface area contributed by atoms with Gasteiger partial charge in [0.05, 0.1) is 4.90 Å². The molecule has 0 aromatic heterocycles. The van der Waals surface area contributed by atoms with E-state index in [0.717, 1.165) is 11.1 Å². The lowest BCUT2D eigenvalue weighted by Crippen LogP contribution is -2.20. The van der Waals surface area contributed by atoms with Crippen LogP contribution in [-0.4, -0.2) is 21.5 Å². The van der Waals surface area contributed by atoms with Gasteiger partial charge in [0, 0.05) is 17.1 Å². The lowest BCUT2D eigenvalue weighted by atomic mass is 10.1. The zero-order valence-electron chi connectivity index (χ0n) is 10.5. The van der Waals surface area contributed by atoms with Gasteiger partial charge < -0.3 is 5.32 Å². The van der Waals surface area contributed by atoms with E-state index in [1.54, 1.807) is 6.07 Å². The molecule has 0 amide bonds. The van der Waals surface area contributed by atoms with Crippen molar-refractivity contribution in [2.24, 2.45) is 0 Å². The van der Waals surface area contributed by atoms with Crippen molar-refractivity contribution >= 4 is 26.0 Å². The van der Waals surface area contributed by atoms with Crippen LogP contribution in [0.25, 0.3) is 0 Å². The second-order valence-electron chi connectivity index (χ2n) is 4.59. The van der Waals surface area contributed by atoms with E-state index in [4.69, 9.17) is 0 Å². The lowest BCUT2D eigenvalue weighted by molar-refractivity contribution is 0.587. The van der Waals surface area contributed by atoms with Crippen molar-refractivity contribution in [1.29, 1.82) is 0 Å². The van der Waals surface area contributed by atoms with Crippen molar-refractivity contribution in [3.63, 3.8) is 0 Å². The zero-order valence-corrected chi connectivity index (χ0v) is 12.9. The maximum Gasteiger partial charge on any atom is 0.241 e. The van der Waals surface area contributed by atoms with E-state index >= 15 is 0 Å². The second kappa shape index (κ2) is 5.28. The van der Waals surface area contributed by atoms with E-state index in [-0.39, 0.29) is 0 Å². The topological polar surface area (TPSA) is 58.2 Å². The predicted molar refractivity (Wildman–Crippen MR) is 75.0 cm³/mol. The van der Waals surface area contributed by atoms with E-state index in [0.29, 0.717) is 22.0 Å². The highest BCUT2D eigenvalue weighted by atomic mass is 79.9. The normalized spacial score (nSPS) is 15.9. The van der Waals surface area contributed by atoms with E-state index in [1.165, 1.54) is 19.9 Å². The lowest BCUT2D eigenvalue weighted by Gasteiger charge is -2.11. The molecule has 18 heavy (non-hydrogen) atoms. The maximum absolute atomic E-state index is 11.9. The largest absolute Gasteiger partial charge is 0.310 e. The Hall–Kier alpha value is -0.430. The molecular formula is C12H17BrN2O2S. The fourth-order valence-corrected chi connectivity index (χ4v) is 3.56. The summed E-state index contributed by atoms with van der Waals surface area (Å²) in [5.41, 5.74) is 1.93. The minimum absolute atomic E-state index is 0.303. The van der Waals surface area contributed by atoms with Crippen LogP contribution in [0.1, 0.15) is 24.0 Å². The molecule has 1 aliphatic rings. The molecule has 0 spiro atoms. The summed E-state index contributed by atoms with van der Waals surface area (Å²) in [6.07, 6.45) is 2.44. The summed E-state index contributed by atoms with van der Waals surface area (Å²) < 4.78 is 26.8. The van der Waals surface area contributed by atoms with Gasteiger partial charge in [0.2, 0.25) is 10.0 Å². The van der Waals surface area contributed by atoms with E-state index in [1.807, 2.05) is 13.0 Å². The Labute approximate surface area is 116 Å².